The zero-order chi connectivity index (χ0) is 16.4. The minimum atomic E-state index is 0.334. The Bertz CT molecular complexity index is 252. The molecular weight excluding hydrogens is 254 g/mol. The number of hydrogen-bond acceptors (Lipinski definition) is 1. The van der Waals surface area contributed by atoms with E-state index in [1.54, 1.807) is 0 Å². The molecule has 1 nitrogen and oxygen atoms in total. The summed E-state index contributed by atoms with van der Waals surface area (Å²) in [5, 5.41) is 3.66. The fourth-order valence-electron chi connectivity index (χ4n) is 3.77. The maximum absolute atomic E-state index is 3.66. The summed E-state index contributed by atoms with van der Waals surface area (Å²) in [6, 6.07) is 0. The molecule has 1 heterocycles. The highest BCUT2D eigenvalue weighted by Crippen LogP contribution is 2.31. The Morgan fingerprint density at radius 3 is 1.57 bits per heavy atom. The molecule has 0 spiro atoms. The van der Waals surface area contributed by atoms with Gasteiger partial charge >= 0.3 is 0 Å². The summed E-state index contributed by atoms with van der Waals surface area (Å²) in [7, 11) is 0. The van der Waals surface area contributed by atoms with Gasteiger partial charge < -0.3 is 5.32 Å². The Hall–Kier alpha value is -0.300. The van der Waals surface area contributed by atoms with Crippen LogP contribution in [0.4, 0.5) is 0 Å². The molecule has 0 saturated carbocycles. The molecule has 1 fully saturated rings. The molecule has 0 aromatic rings. The lowest BCUT2D eigenvalue weighted by molar-refractivity contribution is 0.138. The predicted molar refractivity (Wildman–Crippen MR) is 97.9 cm³/mol. The van der Waals surface area contributed by atoms with E-state index in [4.69, 9.17) is 0 Å². The molecule has 0 bridgehead atoms. The molecule has 126 valence electrons. The van der Waals surface area contributed by atoms with Crippen LogP contribution in [0.5, 0.6) is 0 Å². The third kappa shape index (κ3) is 12.0. The predicted octanol–water partition coefficient (Wildman–Crippen LogP) is 6.49. The zero-order valence-electron chi connectivity index (χ0n) is 15.9. The molecule has 0 atom stereocenters. The van der Waals surface area contributed by atoms with E-state index < -0.39 is 0 Å². The zero-order valence-corrected chi connectivity index (χ0v) is 15.9. The van der Waals surface area contributed by atoms with Gasteiger partial charge in [-0.1, -0.05) is 45.8 Å². The first-order valence-electron chi connectivity index (χ1n) is 9.16. The van der Waals surface area contributed by atoms with Gasteiger partial charge in [0.05, 0.1) is 0 Å². The summed E-state index contributed by atoms with van der Waals surface area (Å²) >= 11 is 0. The SMILES string of the molecule is C1=CCCCCC1.CC1CC(C)(C)NC(C)(C)C1.CCC. The summed E-state index contributed by atoms with van der Waals surface area (Å²) in [6.45, 7) is 15.8. The minimum absolute atomic E-state index is 0.334. The summed E-state index contributed by atoms with van der Waals surface area (Å²) < 4.78 is 0. The van der Waals surface area contributed by atoms with Gasteiger partial charge in [-0.3, -0.25) is 0 Å². The highest BCUT2D eigenvalue weighted by molar-refractivity contribution is 4.95. The molecule has 2 aliphatic rings. The Labute approximate surface area is 135 Å². The lowest BCUT2D eigenvalue weighted by Crippen LogP contribution is -2.57. The number of allylic oxidation sites excluding steroid dienone is 2. The third-order valence-corrected chi connectivity index (χ3v) is 3.80. The second-order valence-electron chi connectivity index (χ2n) is 8.22. The monoisotopic (exact) mass is 295 g/mol. The molecule has 1 N–H and O–H groups in total. The van der Waals surface area contributed by atoms with Crippen molar-refractivity contribution in [2.75, 3.05) is 0 Å². The Kier molecular flexibility index (Phi) is 10.3. The molecule has 1 saturated heterocycles. The number of hydrogen-bond donors (Lipinski definition) is 1. The minimum Gasteiger partial charge on any atom is -0.307 e. The maximum atomic E-state index is 3.66. The smallest absolute Gasteiger partial charge is 0.0132 e. The normalized spacial score (nSPS) is 24.0. The van der Waals surface area contributed by atoms with Crippen LogP contribution in [0.3, 0.4) is 0 Å². The van der Waals surface area contributed by atoms with Gasteiger partial charge in [-0.2, -0.15) is 0 Å². The largest absolute Gasteiger partial charge is 0.307 e. The van der Waals surface area contributed by atoms with Crippen LogP contribution in [0.2, 0.25) is 0 Å². The first kappa shape index (κ1) is 20.7. The van der Waals surface area contributed by atoms with Crippen molar-refractivity contribution >= 4 is 0 Å². The second kappa shape index (κ2) is 10.4. The number of nitrogens with one attached hydrogen (secondary N) is 1. The highest BCUT2D eigenvalue weighted by atomic mass is 15.0. The van der Waals surface area contributed by atoms with E-state index in [9.17, 15) is 0 Å². The van der Waals surface area contributed by atoms with E-state index in [2.05, 4.69) is 65.9 Å². The van der Waals surface area contributed by atoms with Gasteiger partial charge in [0.25, 0.3) is 0 Å². The highest BCUT2D eigenvalue weighted by Gasteiger charge is 2.35. The van der Waals surface area contributed by atoms with Crippen LogP contribution in [0, 0.1) is 5.92 Å². The van der Waals surface area contributed by atoms with Crippen LogP contribution >= 0.6 is 0 Å². The lowest BCUT2D eigenvalue weighted by Gasteiger charge is -2.45. The summed E-state index contributed by atoms with van der Waals surface area (Å²) in [5.74, 6) is 0.862. The van der Waals surface area contributed by atoms with Crippen molar-refractivity contribution in [1.82, 2.24) is 5.32 Å². The molecule has 2 rings (SSSR count). The van der Waals surface area contributed by atoms with Crippen molar-refractivity contribution < 1.29 is 0 Å². The fourth-order valence-corrected chi connectivity index (χ4v) is 3.77. The van der Waals surface area contributed by atoms with Gasteiger partial charge in [0.2, 0.25) is 0 Å². The third-order valence-electron chi connectivity index (χ3n) is 3.80. The number of piperidine rings is 1. The molecule has 1 aliphatic carbocycles. The van der Waals surface area contributed by atoms with Crippen molar-refractivity contribution in [3.63, 3.8) is 0 Å². The van der Waals surface area contributed by atoms with Crippen LogP contribution in [0.15, 0.2) is 12.2 Å². The number of rotatable bonds is 0. The van der Waals surface area contributed by atoms with Gasteiger partial charge in [-0.15, -0.1) is 0 Å². The van der Waals surface area contributed by atoms with Crippen molar-refractivity contribution in [2.24, 2.45) is 5.92 Å². The lowest BCUT2D eigenvalue weighted by atomic mass is 9.77. The first-order valence-corrected chi connectivity index (χ1v) is 9.16. The average Bonchev–Trinajstić information content (AvgIpc) is 2.56. The van der Waals surface area contributed by atoms with Crippen LogP contribution in [0.1, 0.15) is 99.8 Å². The molecule has 0 aromatic heterocycles. The molecular formula is C20H41N. The van der Waals surface area contributed by atoms with E-state index in [1.807, 2.05) is 0 Å². The van der Waals surface area contributed by atoms with E-state index >= 15 is 0 Å². The van der Waals surface area contributed by atoms with Crippen molar-refractivity contribution in [2.45, 2.75) is 111 Å². The second-order valence-corrected chi connectivity index (χ2v) is 8.22. The van der Waals surface area contributed by atoms with Gasteiger partial charge in [-0.25, -0.2) is 0 Å². The van der Waals surface area contributed by atoms with E-state index in [0.29, 0.717) is 11.1 Å². The molecule has 1 aliphatic heterocycles. The molecule has 21 heavy (non-hydrogen) atoms. The molecule has 0 aromatic carbocycles. The van der Waals surface area contributed by atoms with Gasteiger partial charge in [0.1, 0.15) is 0 Å². The van der Waals surface area contributed by atoms with Gasteiger partial charge in [-0.05, 0) is 72.1 Å². The maximum Gasteiger partial charge on any atom is 0.0132 e. The summed E-state index contributed by atoms with van der Waals surface area (Å²) in [5.41, 5.74) is 0.669. The summed E-state index contributed by atoms with van der Waals surface area (Å²) in [6.07, 6.45) is 15.4. The van der Waals surface area contributed by atoms with E-state index in [0.717, 1.165) is 5.92 Å². The standard InChI is InChI=1S/C10H21N.C7H12.C3H8/c1-8-6-9(2,3)11-10(4,5)7-8;1-2-4-6-7-5-3-1;1-3-2/h8,11H,6-7H2,1-5H3;1-2H,3-7H2;3H2,1-2H3. The van der Waals surface area contributed by atoms with Gasteiger partial charge in [0.15, 0.2) is 0 Å². The van der Waals surface area contributed by atoms with Crippen molar-refractivity contribution in [3.05, 3.63) is 12.2 Å². The fraction of sp³-hybridized carbons (Fsp3) is 0.900. The van der Waals surface area contributed by atoms with Crippen molar-refractivity contribution in [1.29, 1.82) is 0 Å². The Morgan fingerprint density at radius 2 is 1.24 bits per heavy atom. The van der Waals surface area contributed by atoms with E-state index in [1.165, 1.54) is 51.4 Å². The topological polar surface area (TPSA) is 12.0 Å². The Morgan fingerprint density at radius 1 is 0.857 bits per heavy atom. The molecule has 0 amide bonds. The first-order chi connectivity index (χ1) is 9.72. The quantitative estimate of drug-likeness (QED) is 0.504. The van der Waals surface area contributed by atoms with Gasteiger partial charge in [0, 0.05) is 11.1 Å². The Balaban J connectivity index is 0.000000342. The van der Waals surface area contributed by atoms with Crippen LogP contribution in [-0.4, -0.2) is 11.1 Å². The molecule has 0 radical (unpaired) electrons. The summed E-state index contributed by atoms with van der Waals surface area (Å²) in [4.78, 5) is 0. The van der Waals surface area contributed by atoms with Crippen LogP contribution in [-0.2, 0) is 0 Å². The van der Waals surface area contributed by atoms with Crippen molar-refractivity contribution in [3.8, 4) is 0 Å². The molecule has 1 heteroatoms. The average molecular weight is 296 g/mol. The van der Waals surface area contributed by atoms with Crippen LogP contribution in [0.25, 0.3) is 0 Å². The molecule has 0 unspecified atom stereocenters. The van der Waals surface area contributed by atoms with Crippen LogP contribution < -0.4 is 5.32 Å². The van der Waals surface area contributed by atoms with E-state index in [-0.39, 0.29) is 0 Å².